The molecule has 0 radical (unpaired) electrons. The Bertz CT molecular complexity index is 1000. The summed E-state index contributed by atoms with van der Waals surface area (Å²) in [6, 6.07) is 0.714. The Morgan fingerprint density at radius 2 is 1.97 bits per heavy atom. The number of hydrogen-bond donors (Lipinski definition) is 3. The van der Waals surface area contributed by atoms with Crippen molar-refractivity contribution >= 4 is 22.9 Å². The third-order valence-corrected chi connectivity index (χ3v) is 8.36. The van der Waals surface area contributed by atoms with E-state index < -0.39 is 0 Å². The van der Waals surface area contributed by atoms with E-state index in [9.17, 15) is 9.90 Å². The number of nitrogens with zero attached hydrogens (tertiary/aromatic N) is 4. The first-order valence-corrected chi connectivity index (χ1v) is 13.9. The Balaban J connectivity index is 1.38. The van der Waals surface area contributed by atoms with Crippen molar-refractivity contribution in [3.8, 4) is 0 Å². The molecule has 0 spiro atoms. The highest BCUT2D eigenvalue weighted by molar-refractivity contribution is 5.83. The van der Waals surface area contributed by atoms with Gasteiger partial charge in [0.05, 0.1) is 12.1 Å². The summed E-state index contributed by atoms with van der Waals surface area (Å²) in [5.74, 6) is 1.39. The van der Waals surface area contributed by atoms with Crippen molar-refractivity contribution in [3.05, 3.63) is 18.0 Å². The second-order valence-corrected chi connectivity index (χ2v) is 11.0. The van der Waals surface area contributed by atoms with E-state index in [1.165, 1.54) is 5.56 Å². The number of fused-ring (bicyclic) bond motifs is 1. The van der Waals surface area contributed by atoms with Gasteiger partial charge in [0.25, 0.3) is 0 Å². The van der Waals surface area contributed by atoms with Gasteiger partial charge in [0.1, 0.15) is 5.65 Å². The van der Waals surface area contributed by atoms with E-state index in [0.717, 1.165) is 94.9 Å². The van der Waals surface area contributed by atoms with E-state index in [1.54, 1.807) is 0 Å². The summed E-state index contributed by atoms with van der Waals surface area (Å²) >= 11 is 0. The molecule has 1 unspecified atom stereocenters. The van der Waals surface area contributed by atoms with Crippen LogP contribution in [0.5, 0.6) is 0 Å². The second-order valence-electron chi connectivity index (χ2n) is 11.0. The number of aromatic nitrogens is 3. The molecule has 5 rings (SSSR count). The molecule has 8 nitrogen and oxygen atoms in total. The predicted octanol–water partition coefficient (Wildman–Crippen LogP) is 3.97. The maximum absolute atomic E-state index is 12.9. The van der Waals surface area contributed by atoms with E-state index in [1.807, 2.05) is 6.20 Å². The highest BCUT2D eigenvalue weighted by Crippen LogP contribution is 2.38. The SMILES string of the molecule is CCC[C@H](C)Nc1ncc2c(C3CCN(C(=O)C4CCCN4)CC3)cn([C@H]3CC[C@H](O)CC3)c2n1. The number of aliphatic hydroxyl groups excluding tert-OH is 1. The van der Waals surface area contributed by atoms with Gasteiger partial charge in [-0.2, -0.15) is 4.98 Å². The van der Waals surface area contributed by atoms with Crippen LogP contribution in [-0.4, -0.2) is 68.3 Å². The number of rotatable bonds is 7. The molecule has 3 fully saturated rings. The molecule has 2 saturated heterocycles. The van der Waals surface area contributed by atoms with Gasteiger partial charge < -0.3 is 25.2 Å². The van der Waals surface area contributed by atoms with Gasteiger partial charge in [0.2, 0.25) is 11.9 Å². The molecule has 4 heterocycles. The van der Waals surface area contributed by atoms with Gasteiger partial charge in [-0.3, -0.25) is 4.79 Å². The van der Waals surface area contributed by atoms with Crippen molar-refractivity contribution in [2.24, 2.45) is 0 Å². The molecule has 0 aromatic carbocycles. The van der Waals surface area contributed by atoms with Crippen molar-refractivity contribution in [3.63, 3.8) is 0 Å². The number of piperidine rings is 1. The van der Waals surface area contributed by atoms with Gasteiger partial charge in [-0.25, -0.2) is 4.98 Å². The lowest BCUT2D eigenvalue weighted by Crippen LogP contribution is -2.46. The molecule has 192 valence electrons. The van der Waals surface area contributed by atoms with Crippen LogP contribution in [0.15, 0.2) is 12.4 Å². The maximum Gasteiger partial charge on any atom is 0.239 e. The summed E-state index contributed by atoms with van der Waals surface area (Å²) in [7, 11) is 0. The Hall–Kier alpha value is -2.19. The molecule has 1 saturated carbocycles. The molecule has 3 aliphatic rings. The van der Waals surface area contributed by atoms with Gasteiger partial charge in [-0.15, -0.1) is 0 Å². The Morgan fingerprint density at radius 1 is 1.20 bits per heavy atom. The number of aliphatic hydroxyl groups is 1. The summed E-state index contributed by atoms with van der Waals surface area (Å²) in [6.07, 6.45) is 14.0. The first-order chi connectivity index (χ1) is 17.0. The van der Waals surface area contributed by atoms with Gasteiger partial charge in [-0.1, -0.05) is 13.3 Å². The number of carbonyl (C=O) groups is 1. The van der Waals surface area contributed by atoms with E-state index in [0.29, 0.717) is 23.9 Å². The summed E-state index contributed by atoms with van der Waals surface area (Å²) in [4.78, 5) is 24.7. The van der Waals surface area contributed by atoms with E-state index in [-0.39, 0.29) is 18.1 Å². The standard InChI is InChI=1S/C27H42N6O2/c1-3-5-18(2)30-27-29-16-22-23(17-33(25(22)31-27)20-7-9-21(34)10-8-20)19-11-14-32(15-12-19)26(35)24-6-4-13-28-24/h16-21,24,28,34H,3-15H2,1-2H3,(H,29,30,31)/t18-,20-,21-,24?/m0/s1. The number of amides is 1. The number of anilines is 1. The van der Waals surface area contributed by atoms with Crippen LogP contribution in [0.4, 0.5) is 5.95 Å². The van der Waals surface area contributed by atoms with Crippen LogP contribution in [0.1, 0.15) is 95.6 Å². The van der Waals surface area contributed by atoms with Crippen molar-refractivity contribution in [1.82, 2.24) is 24.8 Å². The Morgan fingerprint density at radius 3 is 2.66 bits per heavy atom. The highest BCUT2D eigenvalue weighted by Gasteiger charge is 2.32. The zero-order chi connectivity index (χ0) is 24.4. The first kappa shape index (κ1) is 24.5. The third-order valence-electron chi connectivity index (χ3n) is 8.36. The fourth-order valence-electron chi connectivity index (χ4n) is 6.32. The molecule has 1 aliphatic carbocycles. The molecule has 1 amide bonds. The molecule has 2 atom stereocenters. The molecule has 8 heteroatoms. The van der Waals surface area contributed by atoms with Crippen LogP contribution >= 0.6 is 0 Å². The quantitative estimate of drug-likeness (QED) is 0.553. The summed E-state index contributed by atoms with van der Waals surface area (Å²) in [5, 5.41) is 18.0. The molecule has 2 aromatic rings. The summed E-state index contributed by atoms with van der Waals surface area (Å²) in [5.41, 5.74) is 2.33. The first-order valence-electron chi connectivity index (χ1n) is 13.9. The van der Waals surface area contributed by atoms with Crippen molar-refractivity contribution in [1.29, 1.82) is 0 Å². The van der Waals surface area contributed by atoms with Crippen molar-refractivity contribution in [2.75, 3.05) is 25.0 Å². The number of carbonyl (C=O) groups excluding carboxylic acids is 1. The molecule has 35 heavy (non-hydrogen) atoms. The van der Waals surface area contributed by atoms with Crippen LogP contribution < -0.4 is 10.6 Å². The van der Waals surface area contributed by atoms with Gasteiger partial charge in [0, 0.05) is 43.0 Å². The molecule has 0 bridgehead atoms. The molecule has 2 aliphatic heterocycles. The lowest BCUT2D eigenvalue weighted by atomic mass is 9.89. The van der Waals surface area contributed by atoms with Crippen LogP contribution in [0.25, 0.3) is 11.0 Å². The number of likely N-dealkylation sites (tertiary alicyclic amines) is 1. The van der Waals surface area contributed by atoms with E-state index >= 15 is 0 Å². The van der Waals surface area contributed by atoms with Gasteiger partial charge in [0.15, 0.2) is 0 Å². The normalized spacial score (nSPS) is 26.8. The average molecular weight is 483 g/mol. The number of nitrogens with one attached hydrogen (secondary N) is 2. The molecule has 3 N–H and O–H groups in total. The fraction of sp³-hybridized carbons (Fsp3) is 0.741. The maximum atomic E-state index is 12.9. The summed E-state index contributed by atoms with van der Waals surface area (Å²) in [6.45, 7) is 6.97. The Kier molecular flexibility index (Phi) is 7.58. The monoisotopic (exact) mass is 482 g/mol. The van der Waals surface area contributed by atoms with Crippen LogP contribution in [-0.2, 0) is 4.79 Å². The largest absolute Gasteiger partial charge is 0.393 e. The van der Waals surface area contributed by atoms with Crippen LogP contribution in [0, 0.1) is 0 Å². The minimum atomic E-state index is -0.175. The van der Waals surface area contributed by atoms with Crippen molar-refractivity contribution < 1.29 is 9.90 Å². The van der Waals surface area contributed by atoms with Gasteiger partial charge >= 0.3 is 0 Å². The van der Waals surface area contributed by atoms with Gasteiger partial charge in [-0.05, 0) is 82.7 Å². The molecular formula is C27H42N6O2. The van der Waals surface area contributed by atoms with Crippen LogP contribution in [0.2, 0.25) is 0 Å². The average Bonchev–Trinajstić information content (AvgIpc) is 3.53. The second kappa shape index (κ2) is 10.8. The van der Waals surface area contributed by atoms with E-state index in [2.05, 4.69) is 40.1 Å². The molecule has 2 aromatic heterocycles. The van der Waals surface area contributed by atoms with Crippen molar-refractivity contribution in [2.45, 2.75) is 108 Å². The fourth-order valence-corrected chi connectivity index (χ4v) is 6.32. The molecular weight excluding hydrogens is 440 g/mol. The smallest absolute Gasteiger partial charge is 0.239 e. The highest BCUT2D eigenvalue weighted by atomic mass is 16.3. The third kappa shape index (κ3) is 5.33. The minimum Gasteiger partial charge on any atom is -0.393 e. The lowest BCUT2D eigenvalue weighted by Gasteiger charge is -2.33. The predicted molar refractivity (Wildman–Crippen MR) is 139 cm³/mol. The van der Waals surface area contributed by atoms with E-state index in [4.69, 9.17) is 9.97 Å². The minimum absolute atomic E-state index is 0.0181. The lowest BCUT2D eigenvalue weighted by molar-refractivity contribution is -0.134. The zero-order valence-corrected chi connectivity index (χ0v) is 21.4. The zero-order valence-electron chi connectivity index (χ0n) is 21.4. The van der Waals surface area contributed by atoms with Crippen LogP contribution in [0.3, 0.4) is 0 Å². The number of hydrogen-bond acceptors (Lipinski definition) is 6. The topological polar surface area (TPSA) is 95.3 Å². The summed E-state index contributed by atoms with van der Waals surface area (Å²) < 4.78 is 2.37. The Labute approximate surface area is 208 Å².